The Hall–Kier alpha value is -0.870. The number of hydrogen-bond acceptors (Lipinski definition) is 3. The Bertz CT molecular complexity index is 638. The van der Waals surface area contributed by atoms with Crippen molar-refractivity contribution in [3.8, 4) is 0 Å². The molecule has 1 aromatic rings. The molecule has 1 fully saturated rings. The van der Waals surface area contributed by atoms with Gasteiger partial charge in [0.05, 0.1) is 13.2 Å². The Kier molecular flexibility index (Phi) is 12.0. The SMILES string of the molecule is CCNC(=NCCC(=O)N(C)Cc1ccccc1Br)N(C)CC1CCOC1.I. The van der Waals surface area contributed by atoms with Crippen LogP contribution >= 0.6 is 39.9 Å². The van der Waals surface area contributed by atoms with Crippen molar-refractivity contribution in [2.24, 2.45) is 10.9 Å². The van der Waals surface area contributed by atoms with Crippen LogP contribution in [-0.4, -0.2) is 68.6 Å². The first kappa shape index (κ1) is 25.2. The van der Waals surface area contributed by atoms with E-state index >= 15 is 0 Å². The summed E-state index contributed by atoms with van der Waals surface area (Å²) in [5, 5.41) is 3.31. The van der Waals surface area contributed by atoms with Crippen LogP contribution in [0.5, 0.6) is 0 Å². The van der Waals surface area contributed by atoms with Gasteiger partial charge in [-0.2, -0.15) is 0 Å². The smallest absolute Gasteiger partial charge is 0.224 e. The van der Waals surface area contributed by atoms with Crippen molar-refractivity contribution in [1.29, 1.82) is 0 Å². The molecule has 0 bridgehead atoms. The molecular formula is C20H32BrIN4O2. The zero-order valence-electron chi connectivity index (χ0n) is 17.0. The molecule has 1 aliphatic rings. The highest BCUT2D eigenvalue weighted by Crippen LogP contribution is 2.17. The van der Waals surface area contributed by atoms with Crippen LogP contribution in [0.1, 0.15) is 25.3 Å². The standard InChI is InChI=1S/C20H31BrN4O2.HI/c1-4-22-20(25(3)13-16-10-12-27-15-16)23-11-9-19(26)24(2)14-17-7-5-6-8-18(17)21;/h5-8,16H,4,9-15H2,1-3H3,(H,22,23);1H. The number of carbonyl (C=O) groups excluding carboxylic acids is 1. The number of halogens is 2. The number of amides is 1. The van der Waals surface area contributed by atoms with Gasteiger partial charge in [-0.05, 0) is 25.0 Å². The van der Waals surface area contributed by atoms with Gasteiger partial charge in [-0.25, -0.2) is 0 Å². The molecule has 1 atom stereocenters. The number of hydrogen-bond donors (Lipinski definition) is 1. The molecule has 0 radical (unpaired) electrons. The third-order valence-corrected chi connectivity index (χ3v) is 5.40. The van der Waals surface area contributed by atoms with Crippen LogP contribution in [0.3, 0.4) is 0 Å². The fourth-order valence-corrected chi connectivity index (χ4v) is 3.50. The van der Waals surface area contributed by atoms with Crippen LogP contribution in [0.4, 0.5) is 0 Å². The Balaban J connectivity index is 0.00000392. The minimum atomic E-state index is 0. The zero-order valence-corrected chi connectivity index (χ0v) is 20.9. The highest BCUT2D eigenvalue weighted by molar-refractivity contribution is 14.0. The van der Waals surface area contributed by atoms with Crippen molar-refractivity contribution >= 4 is 51.8 Å². The van der Waals surface area contributed by atoms with Crippen LogP contribution < -0.4 is 5.32 Å². The van der Waals surface area contributed by atoms with Crippen molar-refractivity contribution in [3.63, 3.8) is 0 Å². The van der Waals surface area contributed by atoms with Gasteiger partial charge in [0.1, 0.15) is 0 Å². The van der Waals surface area contributed by atoms with Gasteiger partial charge in [-0.1, -0.05) is 34.1 Å². The molecule has 6 nitrogen and oxygen atoms in total. The lowest BCUT2D eigenvalue weighted by Gasteiger charge is -2.24. The third-order valence-electron chi connectivity index (χ3n) is 4.63. The van der Waals surface area contributed by atoms with Crippen LogP contribution in [0.2, 0.25) is 0 Å². The molecule has 1 saturated heterocycles. The first-order valence-corrected chi connectivity index (χ1v) is 10.3. The molecule has 1 aliphatic heterocycles. The number of nitrogens with zero attached hydrogens (tertiary/aromatic N) is 3. The molecule has 0 aromatic heterocycles. The summed E-state index contributed by atoms with van der Waals surface area (Å²) < 4.78 is 6.48. The number of nitrogens with one attached hydrogen (secondary N) is 1. The van der Waals surface area contributed by atoms with Crippen LogP contribution in [0.25, 0.3) is 0 Å². The summed E-state index contributed by atoms with van der Waals surface area (Å²) >= 11 is 3.53. The van der Waals surface area contributed by atoms with Gasteiger partial charge in [-0.15, -0.1) is 24.0 Å². The Morgan fingerprint density at radius 1 is 1.32 bits per heavy atom. The fraction of sp³-hybridized carbons (Fsp3) is 0.600. The van der Waals surface area contributed by atoms with Gasteiger partial charge in [0.15, 0.2) is 5.96 Å². The van der Waals surface area contributed by atoms with Crippen LogP contribution in [0, 0.1) is 5.92 Å². The van der Waals surface area contributed by atoms with Gasteiger partial charge in [0.2, 0.25) is 5.91 Å². The molecule has 0 spiro atoms. The summed E-state index contributed by atoms with van der Waals surface area (Å²) in [7, 11) is 3.88. The lowest BCUT2D eigenvalue weighted by molar-refractivity contribution is -0.130. The average molecular weight is 567 g/mol. The molecule has 1 amide bonds. The summed E-state index contributed by atoms with van der Waals surface area (Å²) in [5.41, 5.74) is 1.10. The van der Waals surface area contributed by atoms with E-state index < -0.39 is 0 Å². The van der Waals surface area contributed by atoms with Gasteiger partial charge in [0.25, 0.3) is 0 Å². The molecule has 0 aliphatic carbocycles. The van der Waals surface area contributed by atoms with Crippen molar-refractivity contribution in [3.05, 3.63) is 34.3 Å². The summed E-state index contributed by atoms with van der Waals surface area (Å²) in [6, 6.07) is 7.97. The molecule has 8 heteroatoms. The minimum absolute atomic E-state index is 0. The quantitative estimate of drug-likeness (QED) is 0.298. The highest BCUT2D eigenvalue weighted by atomic mass is 127. The average Bonchev–Trinajstić information content (AvgIpc) is 3.15. The van der Waals surface area contributed by atoms with E-state index in [1.165, 1.54) is 0 Å². The molecular weight excluding hydrogens is 535 g/mol. The minimum Gasteiger partial charge on any atom is -0.381 e. The Morgan fingerprint density at radius 2 is 2.07 bits per heavy atom. The summed E-state index contributed by atoms with van der Waals surface area (Å²) in [5.74, 6) is 1.50. The van der Waals surface area contributed by atoms with Crippen molar-refractivity contribution in [2.45, 2.75) is 26.3 Å². The van der Waals surface area contributed by atoms with E-state index in [9.17, 15) is 4.79 Å². The normalized spacial score (nSPS) is 16.4. The van der Waals surface area contributed by atoms with Crippen molar-refractivity contribution in [1.82, 2.24) is 15.1 Å². The maximum absolute atomic E-state index is 12.4. The largest absolute Gasteiger partial charge is 0.381 e. The highest BCUT2D eigenvalue weighted by Gasteiger charge is 2.19. The second-order valence-corrected chi connectivity index (χ2v) is 7.79. The molecule has 1 heterocycles. The number of aliphatic imine (C=N–C) groups is 1. The molecule has 1 unspecified atom stereocenters. The first-order valence-electron chi connectivity index (χ1n) is 9.55. The molecule has 0 saturated carbocycles. The fourth-order valence-electron chi connectivity index (χ4n) is 3.09. The van der Waals surface area contributed by atoms with Gasteiger partial charge in [0, 0.05) is 57.1 Å². The Labute approximate surface area is 194 Å². The van der Waals surface area contributed by atoms with E-state index in [1.54, 1.807) is 4.90 Å². The number of guanidine groups is 1. The summed E-state index contributed by atoms with van der Waals surface area (Å²) in [6.45, 7) is 6.52. The summed E-state index contributed by atoms with van der Waals surface area (Å²) in [6.07, 6.45) is 1.50. The molecule has 2 rings (SSSR count). The predicted molar refractivity (Wildman–Crippen MR) is 128 cm³/mol. The lowest BCUT2D eigenvalue weighted by Crippen LogP contribution is -2.41. The van der Waals surface area contributed by atoms with E-state index in [1.807, 2.05) is 38.4 Å². The molecule has 1 N–H and O–H groups in total. The van der Waals surface area contributed by atoms with Crippen LogP contribution in [-0.2, 0) is 16.1 Å². The van der Waals surface area contributed by atoms with Crippen LogP contribution in [0.15, 0.2) is 33.7 Å². The van der Waals surface area contributed by atoms with E-state index in [0.29, 0.717) is 25.4 Å². The van der Waals surface area contributed by atoms with E-state index in [0.717, 1.165) is 48.7 Å². The molecule has 1 aromatic carbocycles. The maximum atomic E-state index is 12.4. The molecule has 158 valence electrons. The second kappa shape index (κ2) is 13.4. The van der Waals surface area contributed by atoms with E-state index in [4.69, 9.17) is 4.74 Å². The first-order chi connectivity index (χ1) is 13.0. The second-order valence-electron chi connectivity index (χ2n) is 6.94. The van der Waals surface area contributed by atoms with Crippen molar-refractivity contribution < 1.29 is 9.53 Å². The van der Waals surface area contributed by atoms with Gasteiger partial charge < -0.3 is 19.9 Å². The number of carbonyl (C=O) groups is 1. The maximum Gasteiger partial charge on any atom is 0.224 e. The lowest BCUT2D eigenvalue weighted by atomic mass is 10.1. The molecule has 28 heavy (non-hydrogen) atoms. The third kappa shape index (κ3) is 8.24. The van der Waals surface area contributed by atoms with Gasteiger partial charge >= 0.3 is 0 Å². The van der Waals surface area contributed by atoms with Gasteiger partial charge in [-0.3, -0.25) is 9.79 Å². The number of ether oxygens (including phenoxy) is 1. The van der Waals surface area contributed by atoms with Crippen molar-refractivity contribution in [2.75, 3.05) is 46.9 Å². The topological polar surface area (TPSA) is 57.2 Å². The van der Waals surface area contributed by atoms with E-state index in [2.05, 4.69) is 38.1 Å². The van der Waals surface area contributed by atoms with E-state index in [-0.39, 0.29) is 29.9 Å². The number of benzene rings is 1. The predicted octanol–water partition coefficient (Wildman–Crippen LogP) is 3.35. The Morgan fingerprint density at radius 3 is 2.71 bits per heavy atom. The number of rotatable bonds is 8. The zero-order chi connectivity index (χ0) is 19.6. The monoisotopic (exact) mass is 566 g/mol. The summed E-state index contributed by atoms with van der Waals surface area (Å²) in [4.78, 5) is 21.0.